The van der Waals surface area contributed by atoms with Crippen LogP contribution in [-0.4, -0.2) is 48.9 Å². The van der Waals surface area contributed by atoms with Crippen molar-refractivity contribution in [2.75, 3.05) is 26.7 Å². The Balaban J connectivity index is 1.97. The molecule has 2 atom stereocenters. The van der Waals surface area contributed by atoms with Gasteiger partial charge in [-0.15, -0.1) is 13.2 Å². The van der Waals surface area contributed by atoms with Gasteiger partial charge in [0.15, 0.2) is 0 Å². The molecule has 3 nitrogen and oxygen atoms in total. The number of alkyl halides is 3. The van der Waals surface area contributed by atoms with Crippen LogP contribution in [0.5, 0.6) is 5.75 Å². The summed E-state index contributed by atoms with van der Waals surface area (Å²) in [5.41, 5.74) is 1.01. The predicted molar refractivity (Wildman–Crippen MR) is 79.8 cm³/mol. The van der Waals surface area contributed by atoms with Crippen molar-refractivity contribution >= 4 is 0 Å². The summed E-state index contributed by atoms with van der Waals surface area (Å²) in [7, 11) is 2.13. The van der Waals surface area contributed by atoms with Crippen molar-refractivity contribution in [3.05, 3.63) is 29.8 Å². The van der Waals surface area contributed by atoms with Crippen LogP contribution in [-0.2, 0) is 0 Å². The second-order valence-electron chi connectivity index (χ2n) is 5.80. The topological polar surface area (TPSA) is 15.7 Å². The predicted octanol–water partition coefficient (Wildman–Crippen LogP) is 3.67. The molecule has 0 aromatic heterocycles. The summed E-state index contributed by atoms with van der Waals surface area (Å²) in [6.07, 6.45) is -3.51. The first-order valence-electron chi connectivity index (χ1n) is 7.60. The maximum atomic E-state index is 12.2. The summed E-state index contributed by atoms with van der Waals surface area (Å²) in [5, 5.41) is 0. The summed E-state index contributed by atoms with van der Waals surface area (Å²) in [6.45, 7) is 7.26. The fraction of sp³-hybridized carbons (Fsp3) is 0.625. The zero-order valence-corrected chi connectivity index (χ0v) is 13.2. The summed E-state index contributed by atoms with van der Waals surface area (Å²) in [5.74, 6) is -0.173. The molecular weight excluding hydrogens is 293 g/mol. The lowest BCUT2D eigenvalue weighted by atomic mass is 10.1. The summed E-state index contributed by atoms with van der Waals surface area (Å²) in [4.78, 5) is 4.71. The summed E-state index contributed by atoms with van der Waals surface area (Å²) < 4.78 is 40.4. The normalized spacial score (nSPS) is 21.3. The van der Waals surface area contributed by atoms with Crippen LogP contribution in [0.15, 0.2) is 24.3 Å². The second kappa shape index (κ2) is 6.87. The van der Waals surface area contributed by atoms with Gasteiger partial charge in [-0.2, -0.15) is 0 Å². The van der Waals surface area contributed by atoms with Gasteiger partial charge in [0.05, 0.1) is 0 Å². The number of benzene rings is 1. The van der Waals surface area contributed by atoms with Crippen molar-refractivity contribution in [3.63, 3.8) is 0 Å². The van der Waals surface area contributed by atoms with Crippen LogP contribution in [0, 0.1) is 0 Å². The monoisotopic (exact) mass is 316 g/mol. The van der Waals surface area contributed by atoms with E-state index in [-0.39, 0.29) is 11.8 Å². The third kappa shape index (κ3) is 4.36. The van der Waals surface area contributed by atoms with Crippen molar-refractivity contribution in [2.45, 2.75) is 38.7 Å². The van der Waals surface area contributed by atoms with E-state index in [1.54, 1.807) is 12.1 Å². The molecule has 1 aliphatic rings. The fourth-order valence-corrected chi connectivity index (χ4v) is 2.90. The molecule has 6 heteroatoms. The van der Waals surface area contributed by atoms with Gasteiger partial charge in [-0.05, 0) is 44.6 Å². The van der Waals surface area contributed by atoms with Gasteiger partial charge in [-0.1, -0.05) is 19.1 Å². The molecule has 1 aromatic carbocycles. The van der Waals surface area contributed by atoms with Crippen molar-refractivity contribution < 1.29 is 17.9 Å². The number of hydrogen-bond acceptors (Lipinski definition) is 3. The molecule has 2 rings (SSSR count). The minimum Gasteiger partial charge on any atom is -0.406 e. The Bertz CT molecular complexity index is 475. The van der Waals surface area contributed by atoms with Gasteiger partial charge in [-0.3, -0.25) is 4.90 Å². The smallest absolute Gasteiger partial charge is 0.406 e. The van der Waals surface area contributed by atoms with Crippen LogP contribution in [0.2, 0.25) is 0 Å². The number of ether oxygens (including phenoxy) is 1. The van der Waals surface area contributed by atoms with E-state index in [0.717, 1.165) is 31.6 Å². The highest BCUT2D eigenvalue weighted by molar-refractivity contribution is 5.29. The van der Waals surface area contributed by atoms with Crippen LogP contribution in [0.4, 0.5) is 13.2 Å². The van der Waals surface area contributed by atoms with Crippen LogP contribution in [0.3, 0.4) is 0 Å². The molecule has 0 radical (unpaired) electrons. The molecule has 0 N–H and O–H groups in total. The Kier molecular flexibility index (Phi) is 5.34. The number of nitrogens with zero attached hydrogens (tertiary/aromatic N) is 2. The standard InChI is InChI=1S/C16H23F3N2O/c1-4-20(3)14-9-10-21(11-14)12(2)13-5-7-15(8-6-13)22-16(17,18)19/h5-8,12,14H,4,9-11H2,1-3H3/t12-,14+/m0/s1. The Morgan fingerprint density at radius 1 is 1.32 bits per heavy atom. The molecule has 1 aromatic rings. The highest BCUT2D eigenvalue weighted by atomic mass is 19.4. The van der Waals surface area contributed by atoms with Crippen LogP contribution < -0.4 is 4.74 Å². The molecule has 1 fully saturated rings. The van der Waals surface area contributed by atoms with E-state index in [1.165, 1.54) is 12.1 Å². The number of likely N-dealkylation sites (tertiary alicyclic amines) is 1. The van der Waals surface area contributed by atoms with Crippen molar-refractivity contribution in [1.82, 2.24) is 9.80 Å². The van der Waals surface area contributed by atoms with Crippen molar-refractivity contribution in [1.29, 1.82) is 0 Å². The van der Waals surface area contributed by atoms with E-state index >= 15 is 0 Å². The highest BCUT2D eigenvalue weighted by Crippen LogP contribution is 2.29. The molecule has 0 bridgehead atoms. The van der Waals surface area contributed by atoms with E-state index in [0.29, 0.717) is 6.04 Å². The lowest BCUT2D eigenvalue weighted by Gasteiger charge is -2.27. The van der Waals surface area contributed by atoms with Gasteiger partial charge >= 0.3 is 6.36 Å². The van der Waals surface area contributed by atoms with E-state index < -0.39 is 6.36 Å². The zero-order chi connectivity index (χ0) is 16.3. The maximum absolute atomic E-state index is 12.2. The van der Waals surface area contributed by atoms with Crippen molar-refractivity contribution in [3.8, 4) is 5.75 Å². The van der Waals surface area contributed by atoms with Gasteiger partial charge in [0, 0.05) is 25.2 Å². The third-order valence-corrected chi connectivity index (χ3v) is 4.46. The molecule has 1 aliphatic heterocycles. The number of rotatable bonds is 5. The molecule has 124 valence electrons. The van der Waals surface area contributed by atoms with Gasteiger partial charge in [0.25, 0.3) is 0 Å². The summed E-state index contributed by atoms with van der Waals surface area (Å²) >= 11 is 0. The number of halogens is 3. The Morgan fingerprint density at radius 2 is 1.95 bits per heavy atom. The molecule has 0 spiro atoms. The second-order valence-corrected chi connectivity index (χ2v) is 5.80. The molecule has 0 amide bonds. The van der Waals surface area contributed by atoms with Crippen LogP contribution in [0.1, 0.15) is 31.9 Å². The lowest BCUT2D eigenvalue weighted by Crippen LogP contribution is -2.35. The van der Waals surface area contributed by atoms with E-state index in [2.05, 4.69) is 35.4 Å². The van der Waals surface area contributed by atoms with Gasteiger partial charge in [0.1, 0.15) is 5.75 Å². The molecule has 0 aliphatic carbocycles. The molecule has 22 heavy (non-hydrogen) atoms. The number of hydrogen-bond donors (Lipinski definition) is 0. The molecule has 1 heterocycles. The third-order valence-electron chi connectivity index (χ3n) is 4.46. The Hall–Kier alpha value is -1.27. The molecule has 1 saturated heterocycles. The lowest BCUT2D eigenvalue weighted by molar-refractivity contribution is -0.274. The van der Waals surface area contributed by atoms with Gasteiger partial charge in [-0.25, -0.2) is 0 Å². The fourth-order valence-electron chi connectivity index (χ4n) is 2.90. The molecule has 0 saturated carbocycles. The van der Waals surface area contributed by atoms with Crippen LogP contribution in [0.25, 0.3) is 0 Å². The quantitative estimate of drug-likeness (QED) is 0.824. The average Bonchev–Trinajstić information content (AvgIpc) is 2.94. The minimum absolute atomic E-state index is 0.173. The molecule has 0 unspecified atom stereocenters. The maximum Gasteiger partial charge on any atom is 0.573 e. The first-order chi connectivity index (χ1) is 10.3. The van der Waals surface area contributed by atoms with Gasteiger partial charge < -0.3 is 9.64 Å². The Labute approximate surface area is 129 Å². The Morgan fingerprint density at radius 3 is 2.50 bits per heavy atom. The minimum atomic E-state index is -4.64. The van der Waals surface area contributed by atoms with E-state index in [1.807, 2.05) is 0 Å². The van der Waals surface area contributed by atoms with Gasteiger partial charge in [0.2, 0.25) is 0 Å². The first kappa shape index (κ1) is 17.1. The highest BCUT2D eigenvalue weighted by Gasteiger charge is 2.31. The van der Waals surface area contributed by atoms with Crippen molar-refractivity contribution in [2.24, 2.45) is 0 Å². The van der Waals surface area contributed by atoms with Crippen LogP contribution >= 0.6 is 0 Å². The number of likely N-dealkylation sites (N-methyl/N-ethyl adjacent to an activating group) is 1. The van der Waals surface area contributed by atoms with E-state index in [4.69, 9.17) is 0 Å². The van der Waals surface area contributed by atoms with E-state index in [9.17, 15) is 13.2 Å². The SMILES string of the molecule is CCN(C)[C@@H]1CCN([C@@H](C)c2ccc(OC(F)(F)F)cc2)C1. The largest absolute Gasteiger partial charge is 0.573 e. The first-order valence-corrected chi connectivity index (χ1v) is 7.60. The average molecular weight is 316 g/mol. The summed E-state index contributed by atoms with van der Waals surface area (Å²) in [6, 6.07) is 6.93. The zero-order valence-electron chi connectivity index (χ0n) is 13.2. The molecular formula is C16H23F3N2O.